The number of rotatable bonds is 13. The summed E-state index contributed by atoms with van der Waals surface area (Å²) in [5.41, 5.74) is 0.660. The van der Waals surface area contributed by atoms with E-state index in [-0.39, 0.29) is 48.0 Å². The van der Waals surface area contributed by atoms with E-state index in [1.54, 1.807) is 19.2 Å². The third-order valence-corrected chi connectivity index (χ3v) is 5.51. The van der Waals surface area contributed by atoms with Gasteiger partial charge in [-0.3, -0.25) is 24.1 Å². The molecule has 1 atom stereocenters. The quantitative estimate of drug-likeness (QED) is 0.189. The summed E-state index contributed by atoms with van der Waals surface area (Å²) in [6, 6.07) is 3.73. The SMILES string of the molecule is C=C(CCC(C=O)N1C(=O)c2cccc(NC(=O)CCCCCC(=O)OC(C)(C)C)c2C1=O)NC. The molecular formula is C26H35N3O6. The molecule has 0 aliphatic carbocycles. The highest BCUT2D eigenvalue weighted by Gasteiger charge is 2.41. The predicted molar refractivity (Wildman–Crippen MR) is 132 cm³/mol. The number of hydrogen-bond acceptors (Lipinski definition) is 7. The van der Waals surface area contributed by atoms with E-state index in [1.165, 1.54) is 6.07 Å². The van der Waals surface area contributed by atoms with Crippen LogP contribution < -0.4 is 10.6 Å². The number of benzene rings is 1. The number of nitrogens with one attached hydrogen (secondary N) is 2. The number of anilines is 1. The van der Waals surface area contributed by atoms with Crippen molar-refractivity contribution in [1.82, 2.24) is 10.2 Å². The molecule has 1 heterocycles. The molecule has 9 heteroatoms. The number of esters is 1. The number of carbonyl (C=O) groups excluding carboxylic acids is 5. The van der Waals surface area contributed by atoms with Crippen LogP contribution in [0.25, 0.3) is 0 Å². The van der Waals surface area contributed by atoms with Crippen LogP contribution in [0.5, 0.6) is 0 Å². The summed E-state index contributed by atoms with van der Waals surface area (Å²) in [6.07, 6.45) is 3.58. The van der Waals surface area contributed by atoms with Crippen molar-refractivity contribution in [3.63, 3.8) is 0 Å². The Morgan fingerprint density at radius 1 is 1.09 bits per heavy atom. The number of aldehydes is 1. The molecule has 0 saturated heterocycles. The van der Waals surface area contributed by atoms with Crippen LogP contribution in [0.3, 0.4) is 0 Å². The lowest BCUT2D eigenvalue weighted by atomic mass is 10.1. The molecule has 0 bridgehead atoms. The lowest BCUT2D eigenvalue weighted by molar-refractivity contribution is -0.154. The van der Waals surface area contributed by atoms with Crippen LogP contribution in [-0.2, 0) is 19.1 Å². The second-order valence-corrected chi connectivity index (χ2v) is 9.50. The lowest BCUT2D eigenvalue weighted by Gasteiger charge is -2.21. The molecule has 0 spiro atoms. The summed E-state index contributed by atoms with van der Waals surface area (Å²) in [5.74, 6) is -1.73. The maximum absolute atomic E-state index is 13.1. The molecule has 0 aromatic heterocycles. The number of hydrogen-bond donors (Lipinski definition) is 2. The average Bonchev–Trinajstić information content (AvgIpc) is 3.04. The molecular weight excluding hydrogens is 450 g/mol. The first-order chi connectivity index (χ1) is 16.5. The van der Waals surface area contributed by atoms with E-state index >= 15 is 0 Å². The van der Waals surface area contributed by atoms with Crippen LogP contribution in [0.4, 0.5) is 5.69 Å². The fourth-order valence-corrected chi connectivity index (χ4v) is 3.75. The second kappa shape index (κ2) is 12.3. The minimum atomic E-state index is -0.930. The summed E-state index contributed by atoms with van der Waals surface area (Å²) in [5, 5.41) is 5.59. The Labute approximate surface area is 206 Å². The van der Waals surface area contributed by atoms with Gasteiger partial charge in [0.15, 0.2) is 0 Å². The Kier molecular flexibility index (Phi) is 9.74. The average molecular weight is 486 g/mol. The van der Waals surface area contributed by atoms with Crippen molar-refractivity contribution in [2.24, 2.45) is 0 Å². The number of unbranched alkanes of at least 4 members (excludes halogenated alkanes) is 2. The Bertz CT molecular complexity index is 995. The summed E-state index contributed by atoms with van der Waals surface area (Å²) < 4.78 is 5.26. The first kappa shape index (κ1) is 27.8. The fraction of sp³-hybridized carbons (Fsp3) is 0.500. The van der Waals surface area contributed by atoms with E-state index in [1.807, 2.05) is 20.8 Å². The lowest BCUT2D eigenvalue weighted by Crippen LogP contribution is -2.41. The van der Waals surface area contributed by atoms with Gasteiger partial charge in [-0.05, 0) is 58.6 Å². The van der Waals surface area contributed by atoms with E-state index in [0.29, 0.717) is 37.7 Å². The summed E-state index contributed by atoms with van der Waals surface area (Å²) in [6.45, 7) is 9.24. The van der Waals surface area contributed by atoms with Crippen molar-refractivity contribution in [3.05, 3.63) is 41.6 Å². The van der Waals surface area contributed by atoms with Crippen LogP contribution in [0.2, 0.25) is 0 Å². The molecule has 190 valence electrons. The summed E-state index contributed by atoms with van der Waals surface area (Å²) in [4.78, 5) is 62.9. The van der Waals surface area contributed by atoms with Gasteiger partial charge in [-0.15, -0.1) is 0 Å². The van der Waals surface area contributed by atoms with Crippen LogP contribution in [-0.4, -0.2) is 53.6 Å². The maximum atomic E-state index is 13.1. The van der Waals surface area contributed by atoms with Gasteiger partial charge in [0.2, 0.25) is 5.91 Å². The van der Waals surface area contributed by atoms with Crippen molar-refractivity contribution in [3.8, 4) is 0 Å². The molecule has 1 aliphatic heterocycles. The van der Waals surface area contributed by atoms with Gasteiger partial charge in [0.1, 0.15) is 11.9 Å². The molecule has 1 aliphatic rings. The van der Waals surface area contributed by atoms with E-state index in [2.05, 4.69) is 17.2 Å². The number of amides is 3. The number of ether oxygens (including phenoxy) is 1. The molecule has 3 amide bonds. The minimum absolute atomic E-state index is 0.0927. The predicted octanol–water partition coefficient (Wildman–Crippen LogP) is 3.59. The first-order valence-electron chi connectivity index (χ1n) is 11.8. The number of imide groups is 1. The molecule has 0 radical (unpaired) electrons. The highest BCUT2D eigenvalue weighted by molar-refractivity contribution is 6.25. The van der Waals surface area contributed by atoms with Crippen molar-refractivity contribution >= 4 is 35.7 Å². The molecule has 35 heavy (non-hydrogen) atoms. The third kappa shape index (κ3) is 7.77. The van der Waals surface area contributed by atoms with Crippen LogP contribution >= 0.6 is 0 Å². The van der Waals surface area contributed by atoms with Crippen molar-refractivity contribution < 1.29 is 28.7 Å². The first-order valence-corrected chi connectivity index (χ1v) is 11.8. The largest absolute Gasteiger partial charge is 0.460 e. The Balaban J connectivity index is 1.95. The van der Waals surface area contributed by atoms with Gasteiger partial charge >= 0.3 is 5.97 Å². The van der Waals surface area contributed by atoms with Gasteiger partial charge in [-0.2, -0.15) is 0 Å². The molecule has 0 fully saturated rings. The highest BCUT2D eigenvalue weighted by atomic mass is 16.6. The number of carbonyl (C=O) groups is 5. The molecule has 1 aromatic rings. The van der Waals surface area contributed by atoms with Crippen LogP contribution in [0.1, 0.15) is 86.4 Å². The summed E-state index contributed by atoms with van der Waals surface area (Å²) in [7, 11) is 1.70. The van der Waals surface area contributed by atoms with Crippen LogP contribution in [0.15, 0.2) is 30.5 Å². The summed E-state index contributed by atoms with van der Waals surface area (Å²) >= 11 is 0. The monoisotopic (exact) mass is 485 g/mol. The zero-order chi connectivity index (χ0) is 26.2. The van der Waals surface area contributed by atoms with Gasteiger partial charge < -0.3 is 20.2 Å². The smallest absolute Gasteiger partial charge is 0.306 e. The number of fused-ring (bicyclic) bond motifs is 1. The van der Waals surface area contributed by atoms with Crippen molar-refractivity contribution in [2.45, 2.75) is 77.4 Å². The Morgan fingerprint density at radius 2 is 1.77 bits per heavy atom. The van der Waals surface area contributed by atoms with Gasteiger partial charge in [-0.25, -0.2) is 0 Å². The van der Waals surface area contributed by atoms with Gasteiger partial charge in [-0.1, -0.05) is 19.1 Å². The van der Waals surface area contributed by atoms with Crippen LogP contribution in [0, 0.1) is 0 Å². The topological polar surface area (TPSA) is 122 Å². The minimum Gasteiger partial charge on any atom is -0.460 e. The number of allylic oxidation sites excluding steroid dienone is 1. The Hall–Kier alpha value is -3.49. The molecule has 1 unspecified atom stereocenters. The molecule has 2 rings (SSSR count). The standard InChI is InChI=1S/C26H35N3O6/c1-17(27-5)14-15-18(16-30)29-24(33)19-10-9-11-20(23(19)25(29)34)28-21(31)12-7-6-8-13-22(32)35-26(2,3)4/h9-11,16,18,27H,1,6-8,12-15H2,2-5H3,(H,28,31). The molecule has 2 N–H and O–H groups in total. The molecule has 0 saturated carbocycles. The van der Waals surface area contributed by atoms with E-state index in [4.69, 9.17) is 4.74 Å². The van der Waals surface area contributed by atoms with Crippen molar-refractivity contribution in [1.29, 1.82) is 0 Å². The van der Waals surface area contributed by atoms with E-state index < -0.39 is 23.5 Å². The second-order valence-electron chi connectivity index (χ2n) is 9.50. The van der Waals surface area contributed by atoms with Crippen molar-refractivity contribution in [2.75, 3.05) is 12.4 Å². The van der Waals surface area contributed by atoms with E-state index in [0.717, 1.165) is 4.90 Å². The van der Waals surface area contributed by atoms with E-state index in [9.17, 15) is 24.0 Å². The highest BCUT2D eigenvalue weighted by Crippen LogP contribution is 2.31. The molecule has 9 nitrogen and oxygen atoms in total. The Morgan fingerprint density at radius 3 is 2.40 bits per heavy atom. The zero-order valence-electron chi connectivity index (χ0n) is 20.9. The molecule has 1 aromatic carbocycles. The van der Waals surface area contributed by atoms with Gasteiger partial charge in [0.25, 0.3) is 11.8 Å². The zero-order valence-corrected chi connectivity index (χ0v) is 20.9. The van der Waals surface area contributed by atoms with Gasteiger partial charge in [0, 0.05) is 25.6 Å². The third-order valence-electron chi connectivity index (χ3n) is 5.51. The maximum Gasteiger partial charge on any atom is 0.306 e. The fourth-order valence-electron chi connectivity index (χ4n) is 3.75. The normalized spacial score (nSPS) is 13.8. The van der Waals surface area contributed by atoms with Gasteiger partial charge in [0.05, 0.1) is 22.9 Å². The number of nitrogens with zero attached hydrogens (tertiary/aromatic N) is 1.